The van der Waals surface area contributed by atoms with Crippen molar-refractivity contribution in [3.8, 4) is 5.75 Å². The van der Waals surface area contributed by atoms with Crippen LogP contribution >= 0.6 is 0 Å². The first-order valence-electron chi connectivity index (χ1n) is 7.32. The summed E-state index contributed by atoms with van der Waals surface area (Å²) >= 11 is 0. The molecular formula is C19H15FN2O2. The molecule has 120 valence electrons. The molecule has 0 atom stereocenters. The fraction of sp³-hybridized carbons (Fsp3) is 0.0526. The van der Waals surface area contributed by atoms with Crippen molar-refractivity contribution >= 4 is 22.9 Å². The number of nitrogens with one attached hydrogen (secondary N) is 1. The fourth-order valence-electron chi connectivity index (χ4n) is 2.28. The number of carbonyl (C=O) groups is 1. The Bertz CT molecular complexity index is 905. The van der Waals surface area contributed by atoms with Gasteiger partial charge in [0.1, 0.15) is 11.6 Å². The van der Waals surface area contributed by atoms with E-state index in [9.17, 15) is 9.18 Å². The number of hydrogen-bond acceptors (Lipinski definition) is 3. The van der Waals surface area contributed by atoms with Crippen LogP contribution in [0.5, 0.6) is 5.75 Å². The second-order valence-electron chi connectivity index (χ2n) is 5.18. The van der Waals surface area contributed by atoms with Crippen LogP contribution in [0.25, 0.3) is 10.8 Å². The number of benzene rings is 3. The lowest BCUT2D eigenvalue weighted by atomic mass is 10.1. The van der Waals surface area contributed by atoms with Crippen LogP contribution in [0.2, 0.25) is 0 Å². The number of methoxy groups -OCH3 is 1. The largest absolute Gasteiger partial charge is 0.497 e. The number of halogens is 1. The van der Waals surface area contributed by atoms with Crippen molar-refractivity contribution in [2.75, 3.05) is 7.11 Å². The summed E-state index contributed by atoms with van der Waals surface area (Å²) < 4.78 is 18.0. The van der Waals surface area contributed by atoms with Crippen molar-refractivity contribution in [2.45, 2.75) is 0 Å². The average molecular weight is 322 g/mol. The predicted molar refractivity (Wildman–Crippen MR) is 92.0 cm³/mol. The lowest BCUT2D eigenvalue weighted by Crippen LogP contribution is -2.17. The van der Waals surface area contributed by atoms with Gasteiger partial charge in [-0.15, -0.1) is 0 Å². The van der Waals surface area contributed by atoms with Crippen LogP contribution in [-0.2, 0) is 0 Å². The second kappa shape index (κ2) is 6.91. The molecule has 0 aliphatic carbocycles. The molecule has 5 heteroatoms. The van der Waals surface area contributed by atoms with Gasteiger partial charge in [0.15, 0.2) is 0 Å². The van der Waals surface area contributed by atoms with Crippen molar-refractivity contribution in [3.63, 3.8) is 0 Å². The summed E-state index contributed by atoms with van der Waals surface area (Å²) in [6.07, 6.45) is 1.56. The molecule has 1 N–H and O–H groups in total. The van der Waals surface area contributed by atoms with E-state index < -0.39 is 5.91 Å². The first kappa shape index (κ1) is 15.7. The number of fused-ring (bicyclic) bond motifs is 1. The molecule has 0 bridgehead atoms. The third kappa shape index (κ3) is 3.57. The van der Waals surface area contributed by atoms with Crippen LogP contribution < -0.4 is 10.2 Å². The Labute approximate surface area is 138 Å². The van der Waals surface area contributed by atoms with Gasteiger partial charge in [-0.2, -0.15) is 5.10 Å². The van der Waals surface area contributed by atoms with E-state index in [2.05, 4.69) is 10.5 Å². The number of carbonyl (C=O) groups excluding carboxylic acids is 1. The Kier molecular flexibility index (Phi) is 4.52. The minimum atomic E-state index is -0.392. The Morgan fingerprint density at radius 3 is 2.50 bits per heavy atom. The van der Waals surface area contributed by atoms with E-state index in [1.54, 1.807) is 13.3 Å². The van der Waals surface area contributed by atoms with Gasteiger partial charge in [0.2, 0.25) is 0 Å². The standard InChI is InChI=1S/C19H15FN2O2/c1-24-18-9-6-15-10-13(2-3-16(15)11-18)12-21-22-19(23)14-4-7-17(20)8-5-14/h2-12H,1H3,(H,22,23). The first-order valence-corrected chi connectivity index (χ1v) is 7.32. The molecule has 0 aromatic heterocycles. The van der Waals surface area contributed by atoms with Crippen molar-refractivity contribution in [1.29, 1.82) is 0 Å². The quantitative estimate of drug-likeness (QED) is 0.587. The summed E-state index contributed by atoms with van der Waals surface area (Å²) in [7, 11) is 1.63. The van der Waals surface area contributed by atoms with Gasteiger partial charge in [-0.25, -0.2) is 9.82 Å². The highest BCUT2D eigenvalue weighted by Crippen LogP contribution is 2.21. The summed E-state index contributed by atoms with van der Waals surface area (Å²) in [4.78, 5) is 11.9. The van der Waals surface area contributed by atoms with E-state index in [1.807, 2.05) is 36.4 Å². The number of ether oxygens (including phenoxy) is 1. The molecule has 3 rings (SSSR count). The van der Waals surface area contributed by atoms with Gasteiger partial charge in [-0.1, -0.05) is 18.2 Å². The van der Waals surface area contributed by atoms with Gasteiger partial charge in [0.05, 0.1) is 13.3 Å². The van der Waals surface area contributed by atoms with E-state index in [-0.39, 0.29) is 5.82 Å². The highest BCUT2D eigenvalue weighted by Gasteiger charge is 2.03. The Balaban J connectivity index is 1.71. The zero-order chi connectivity index (χ0) is 16.9. The highest BCUT2D eigenvalue weighted by molar-refractivity contribution is 5.95. The molecule has 0 aliphatic rings. The highest BCUT2D eigenvalue weighted by atomic mass is 19.1. The number of hydrazone groups is 1. The Morgan fingerprint density at radius 2 is 1.75 bits per heavy atom. The van der Waals surface area contributed by atoms with Gasteiger partial charge in [0, 0.05) is 5.56 Å². The monoisotopic (exact) mass is 322 g/mol. The Morgan fingerprint density at radius 1 is 1.04 bits per heavy atom. The molecule has 0 heterocycles. The zero-order valence-corrected chi connectivity index (χ0v) is 13.0. The molecule has 0 saturated carbocycles. The first-order chi connectivity index (χ1) is 11.7. The lowest BCUT2D eigenvalue weighted by molar-refractivity contribution is 0.0955. The van der Waals surface area contributed by atoms with Crippen molar-refractivity contribution in [3.05, 3.63) is 77.6 Å². The lowest BCUT2D eigenvalue weighted by Gasteiger charge is -2.03. The number of nitrogens with zero attached hydrogens (tertiary/aromatic N) is 1. The normalized spacial score (nSPS) is 10.9. The van der Waals surface area contributed by atoms with Gasteiger partial charge < -0.3 is 4.74 Å². The third-order valence-electron chi connectivity index (χ3n) is 3.56. The second-order valence-corrected chi connectivity index (χ2v) is 5.18. The summed E-state index contributed by atoms with van der Waals surface area (Å²) in [6.45, 7) is 0. The molecule has 0 radical (unpaired) electrons. The van der Waals surface area contributed by atoms with Gasteiger partial charge in [-0.3, -0.25) is 4.79 Å². The summed E-state index contributed by atoms with van der Waals surface area (Å²) in [5, 5.41) is 6.04. The smallest absolute Gasteiger partial charge is 0.271 e. The maximum absolute atomic E-state index is 12.8. The summed E-state index contributed by atoms with van der Waals surface area (Å²) in [6, 6.07) is 16.9. The van der Waals surface area contributed by atoms with Crippen LogP contribution in [0.3, 0.4) is 0 Å². The molecule has 0 unspecified atom stereocenters. The van der Waals surface area contributed by atoms with E-state index in [4.69, 9.17) is 4.74 Å². The minimum Gasteiger partial charge on any atom is -0.497 e. The molecule has 0 spiro atoms. The molecule has 24 heavy (non-hydrogen) atoms. The van der Waals surface area contributed by atoms with Crippen LogP contribution in [0, 0.1) is 5.82 Å². The van der Waals surface area contributed by atoms with Crippen LogP contribution in [0.1, 0.15) is 15.9 Å². The molecular weight excluding hydrogens is 307 g/mol. The van der Waals surface area contributed by atoms with Crippen LogP contribution in [0.4, 0.5) is 4.39 Å². The number of hydrogen-bond donors (Lipinski definition) is 1. The summed E-state index contributed by atoms with van der Waals surface area (Å²) in [5.74, 6) is 0.0232. The van der Waals surface area contributed by atoms with E-state index >= 15 is 0 Å². The summed E-state index contributed by atoms with van der Waals surface area (Å²) in [5.41, 5.74) is 3.62. The van der Waals surface area contributed by atoms with Crippen molar-refractivity contribution < 1.29 is 13.9 Å². The van der Waals surface area contributed by atoms with E-state index in [1.165, 1.54) is 24.3 Å². The van der Waals surface area contributed by atoms with Crippen molar-refractivity contribution in [1.82, 2.24) is 5.43 Å². The maximum atomic E-state index is 12.8. The molecule has 0 fully saturated rings. The SMILES string of the molecule is COc1ccc2cc(C=NNC(=O)c3ccc(F)cc3)ccc2c1. The Hall–Kier alpha value is -3.21. The average Bonchev–Trinajstić information content (AvgIpc) is 2.61. The molecule has 0 saturated heterocycles. The number of amides is 1. The van der Waals surface area contributed by atoms with Crippen molar-refractivity contribution in [2.24, 2.45) is 5.10 Å². The van der Waals surface area contributed by atoms with Gasteiger partial charge >= 0.3 is 0 Å². The van der Waals surface area contributed by atoms with E-state index in [0.717, 1.165) is 22.1 Å². The zero-order valence-electron chi connectivity index (χ0n) is 13.0. The van der Waals surface area contributed by atoms with Crippen LogP contribution in [-0.4, -0.2) is 19.2 Å². The fourth-order valence-corrected chi connectivity index (χ4v) is 2.28. The van der Waals surface area contributed by atoms with Gasteiger partial charge in [0.25, 0.3) is 5.91 Å². The predicted octanol–water partition coefficient (Wildman–Crippen LogP) is 3.75. The van der Waals surface area contributed by atoms with Crippen LogP contribution in [0.15, 0.2) is 65.8 Å². The third-order valence-corrected chi connectivity index (χ3v) is 3.56. The van der Waals surface area contributed by atoms with E-state index in [0.29, 0.717) is 5.56 Å². The maximum Gasteiger partial charge on any atom is 0.271 e. The topological polar surface area (TPSA) is 50.7 Å². The minimum absolute atomic E-state index is 0.346. The molecule has 4 nitrogen and oxygen atoms in total. The molecule has 3 aromatic rings. The number of rotatable bonds is 4. The molecule has 0 aliphatic heterocycles. The van der Waals surface area contributed by atoms with Gasteiger partial charge in [-0.05, 0) is 58.8 Å². The molecule has 1 amide bonds. The molecule has 3 aromatic carbocycles.